The fourth-order valence-electron chi connectivity index (χ4n) is 3.15. The highest BCUT2D eigenvalue weighted by molar-refractivity contribution is 5.75. The maximum absolute atomic E-state index is 11.6. The molecule has 0 bridgehead atoms. The molecule has 1 aromatic carbocycles. The Bertz CT molecular complexity index is 498. The molecule has 0 aromatic heterocycles. The lowest BCUT2D eigenvalue weighted by Gasteiger charge is -2.16. The number of amides is 1. The van der Waals surface area contributed by atoms with Crippen molar-refractivity contribution in [2.45, 2.75) is 32.1 Å². The van der Waals surface area contributed by atoms with E-state index >= 15 is 0 Å². The minimum Gasteiger partial charge on any atom is -0.493 e. The summed E-state index contributed by atoms with van der Waals surface area (Å²) in [5.41, 5.74) is 2.86. The second-order valence-electron chi connectivity index (χ2n) is 5.65. The van der Waals surface area contributed by atoms with Crippen molar-refractivity contribution in [2.24, 2.45) is 5.92 Å². The van der Waals surface area contributed by atoms with Crippen LogP contribution in [0.1, 0.15) is 36.8 Å². The summed E-state index contributed by atoms with van der Waals surface area (Å²) >= 11 is 0. The molecule has 0 radical (unpaired) electrons. The van der Waals surface area contributed by atoms with Gasteiger partial charge in [0.2, 0.25) is 5.91 Å². The number of rotatable bonds is 4. The minimum absolute atomic E-state index is 0.243. The number of benzene rings is 1. The van der Waals surface area contributed by atoms with Crippen molar-refractivity contribution in [1.82, 2.24) is 4.90 Å². The van der Waals surface area contributed by atoms with Gasteiger partial charge in [-0.3, -0.25) is 4.79 Å². The molecule has 0 unspecified atom stereocenters. The second kappa shape index (κ2) is 4.87. The first-order valence-corrected chi connectivity index (χ1v) is 7.19. The van der Waals surface area contributed by atoms with E-state index in [0.717, 1.165) is 25.3 Å². The molecule has 19 heavy (non-hydrogen) atoms. The summed E-state index contributed by atoms with van der Waals surface area (Å²) in [5, 5.41) is 0. The summed E-state index contributed by atoms with van der Waals surface area (Å²) in [6.45, 7) is 3.63. The van der Waals surface area contributed by atoms with Gasteiger partial charge in [-0.1, -0.05) is 19.1 Å². The lowest BCUT2D eigenvalue weighted by Crippen LogP contribution is -2.28. The number of fused-ring (bicyclic) bond motifs is 1. The van der Waals surface area contributed by atoms with E-state index < -0.39 is 0 Å². The van der Waals surface area contributed by atoms with E-state index in [1.165, 1.54) is 17.5 Å². The molecule has 1 saturated carbocycles. The Morgan fingerprint density at radius 1 is 1.47 bits per heavy atom. The van der Waals surface area contributed by atoms with Crippen LogP contribution < -0.4 is 4.74 Å². The van der Waals surface area contributed by atoms with E-state index in [-0.39, 0.29) is 5.91 Å². The molecule has 3 heteroatoms. The summed E-state index contributed by atoms with van der Waals surface area (Å²) in [6, 6.07) is 6.39. The van der Waals surface area contributed by atoms with Crippen molar-refractivity contribution in [3.63, 3.8) is 0 Å². The van der Waals surface area contributed by atoms with Gasteiger partial charge in [0, 0.05) is 32.0 Å². The monoisotopic (exact) mass is 259 g/mol. The Morgan fingerprint density at radius 2 is 2.32 bits per heavy atom. The number of carbonyl (C=O) groups excluding carboxylic acids is 1. The average molecular weight is 259 g/mol. The molecule has 1 heterocycles. The quantitative estimate of drug-likeness (QED) is 0.832. The zero-order chi connectivity index (χ0) is 13.4. The van der Waals surface area contributed by atoms with E-state index in [2.05, 4.69) is 18.2 Å². The second-order valence-corrected chi connectivity index (χ2v) is 5.65. The highest BCUT2D eigenvalue weighted by Crippen LogP contribution is 2.50. The normalized spacial score (nSPS) is 23.7. The third-order valence-electron chi connectivity index (χ3n) is 4.34. The van der Waals surface area contributed by atoms with Crippen LogP contribution in [0.3, 0.4) is 0 Å². The fraction of sp³-hybridized carbons (Fsp3) is 0.562. The molecule has 0 saturated heterocycles. The molecule has 0 N–H and O–H groups in total. The van der Waals surface area contributed by atoms with Gasteiger partial charge in [-0.25, -0.2) is 0 Å². The van der Waals surface area contributed by atoms with Crippen molar-refractivity contribution in [1.29, 1.82) is 0 Å². The molecule has 3 nitrogen and oxygen atoms in total. The number of hydrogen-bond donors (Lipinski definition) is 0. The Morgan fingerprint density at radius 3 is 3.11 bits per heavy atom. The third kappa shape index (κ3) is 2.34. The Kier molecular flexibility index (Phi) is 3.21. The topological polar surface area (TPSA) is 29.5 Å². The van der Waals surface area contributed by atoms with Crippen LogP contribution in [-0.4, -0.2) is 31.0 Å². The summed E-state index contributed by atoms with van der Waals surface area (Å²) in [7, 11) is 1.92. The van der Waals surface area contributed by atoms with Crippen molar-refractivity contribution >= 4 is 5.91 Å². The lowest BCUT2D eigenvalue weighted by molar-refractivity contribution is -0.129. The first-order valence-electron chi connectivity index (χ1n) is 7.19. The van der Waals surface area contributed by atoms with Gasteiger partial charge in [-0.05, 0) is 29.9 Å². The zero-order valence-electron chi connectivity index (χ0n) is 11.7. The van der Waals surface area contributed by atoms with Gasteiger partial charge in [-0.15, -0.1) is 0 Å². The van der Waals surface area contributed by atoms with Gasteiger partial charge in [0.1, 0.15) is 5.75 Å². The van der Waals surface area contributed by atoms with Gasteiger partial charge in [-0.2, -0.15) is 0 Å². The van der Waals surface area contributed by atoms with Crippen LogP contribution in [0.15, 0.2) is 18.2 Å². The number of nitrogens with zero attached hydrogens (tertiary/aromatic N) is 1. The highest BCUT2D eigenvalue weighted by Gasteiger charge is 2.41. The van der Waals surface area contributed by atoms with E-state index in [4.69, 9.17) is 4.74 Å². The Labute approximate surface area is 114 Å². The van der Waals surface area contributed by atoms with Crippen LogP contribution in [0, 0.1) is 5.92 Å². The van der Waals surface area contributed by atoms with Gasteiger partial charge >= 0.3 is 0 Å². The van der Waals surface area contributed by atoms with Gasteiger partial charge in [0.05, 0.1) is 6.61 Å². The van der Waals surface area contributed by atoms with E-state index in [1.807, 2.05) is 18.9 Å². The smallest absolute Gasteiger partial charge is 0.222 e. The highest BCUT2D eigenvalue weighted by atomic mass is 16.5. The first kappa shape index (κ1) is 12.5. The zero-order valence-corrected chi connectivity index (χ0v) is 11.7. The van der Waals surface area contributed by atoms with E-state index in [1.54, 1.807) is 0 Å². The summed E-state index contributed by atoms with van der Waals surface area (Å²) in [6.07, 6.45) is 2.85. The Balaban J connectivity index is 1.67. The lowest BCUT2D eigenvalue weighted by atomic mass is 10.00. The van der Waals surface area contributed by atoms with Crippen molar-refractivity contribution < 1.29 is 9.53 Å². The fourth-order valence-corrected chi connectivity index (χ4v) is 3.15. The van der Waals surface area contributed by atoms with Crippen molar-refractivity contribution in [3.05, 3.63) is 29.3 Å². The summed E-state index contributed by atoms with van der Waals surface area (Å²) in [4.78, 5) is 13.5. The molecule has 1 amide bonds. The average Bonchev–Trinajstić information content (AvgIpc) is 3.00. The minimum atomic E-state index is 0.243. The SMILES string of the molecule is CCC(=O)N(C)C[C@@H]1C[C@H]1c1cccc2c1CCO2. The summed E-state index contributed by atoms with van der Waals surface area (Å²) in [5.74, 6) is 2.57. The van der Waals surface area contributed by atoms with Crippen LogP contribution in [0.5, 0.6) is 5.75 Å². The van der Waals surface area contributed by atoms with E-state index in [9.17, 15) is 4.79 Å². The maximum Gasteiger partial charge on any atom is 0.222 e. The molecule has 2 atom stereocenters. The van der Waals surface area contributed by atoms with Gasteiger partial charge < -0.3 is 9.64 Å². The summed E-state index contributed by atoms with van der Waals surface area (Å²) < 4.78 is 5.62. The molecular formula is C16H21NO2. The molecular weight excluding hydrogens is 238 g/mol. The number of hydrogen-bond acceptors (Lipinski definition) is 2. The van der Waals surface area contributed by atoms with Gasteiger partial charge in [0.25, 0.3) is 0 Å². The molecule has 0 spiro atoms. The largest absolute Gasteiger partial charge is 0.493 e. The first-order chi connectivity index (χ1) is 9.20. The van der Waals surface area contributed by atoms with Crippen LogP contribution in [0.2, 0.25) is 0 Å². The molecule has 1 aliphatic heterocycles. The standard InChI is InChI=1S/C16H21NO2/c1-3-16(18)17(2)10-11-9-14(11)12-5-4-6-15-13(12)7-8-19-15/h4-6,11,14H,3,7-10H2,1-2H3/t11-,14+/m0/s1. The van der Waals surface area contributed by atoms with Crippen LogP contribution in [0.4, 0.5) is 0 Å². The predicted octanol–water partition coefficient (Wildman–Crippen LogP) is 2.59. The molecule has 102 valence electrons. The molecule has 1 aliphatic carbocycles. The molecule has 3 rings (SSSR count). The molecule has 2 aliphatic rings. The van der Waals surface area contributed by atoms with Crippen molar-refractivity contribution in [2.75, 3.05) is 20.2 Å². The van der Waals surface area contributed by atoms with Gasteiger partial charge in [0.15, 0.2) is 0 Å². The third-order valence-corrected chi connectivity index (χ3v) is 4.34. The van der Waals surface area contributed by atoms with Crippen LogP contribution in [0.25, 0.3) is 0 Å². The Hall–Kier alpha value is -1.51. The number of carbonyl (C=O) groups is 1. The van der Waals surface area contributed by atoms with Crippen molar-refractivity contribution in [3.8, 4) is 5.75 Å². The predicted molar refractivity (Wildman–Crippen MR) is 74.4 cm³/mol. The van der Waals surface area contributed by atoms with Crippen LogP contribution >= 0.6 is 0 Å². The number of ether oxygens (including phenoxy) is 1. The molecule has 1 aromatic rings. The maximum atomic E-state index is 11.6. The molecule has 1 fully saturated rings. The van der Waals surface area contributed by atoms with E-state index in [0.29, 0.717) is 18.3 Å². The van der Waals surface area contributed by atoms with Crippen LogP contribution in [-0.2, 0) is 11.2 Å².